The first kappa shape index (κ1) is 14.4. The summed E-state index contributed by atoms with van der Waals surface area (Å²) in [6, 6.07) is 2.38. The van der Waals surface area contributed by atoms with Crippen molar-refractivity contribution in [3.63, 3.8) is 0 Å². The van der Waals surface area contributed by atoms with Crippen molar-refractivity contribution >= 4 is 21.6 Å². The van der Waals surface area contributed by atoms with E-state index in [-0.39, 0.29) is 5.75 Å². The Kier molecular flexibility index (Phi) is 4.23. The van der Waals surface area contributed by atoms with Crippen molar-refractivity contribution in [2.24, 2.45) is 5.73 Å². The molecule has 1 amide bonds. The third-order valence-electron chi connectivity index (χ3n) is 2.18. The predicted octanol–water partition coefficient (Wildman–Crippen LogP) is 0.606. The first-order chi connectivity index (χ1) is 8.27. The van der Waals surface area contributed by atoms with E-state index >= 15 is 0 Å². The molecule has 0 radical (unpaired) electrons. The maximum atomic E-state index is 13.5. The Hall–Kier alpha value is -1.70. The number of hydrogen-bond acceptors (Lipinski definition) is 3. The van der Waals surface area contributed by atoms with Gasteiger partial charge in [0.25, 0.3) is 0 Å². The fourth-order valence-corrected chi connectivity index (χ4v) is 2.40. The number of nitrogens with zero attached hydrogens (tertiary/aromatic N) is 1. The molecular formula is C10H12F2N2O3S. The fraction of sp³-hybridized carbons (Fsp3) is 0.300. The van der Waals surface area contributed by atoms with Gasteiger partial charge in [-0.15, -0.1) is 0 Å². The summed E-state index contributed by atoms with van der Waals surface area (Å²) >= 11 is 0. The summed E-state index contributed by atoms with van der Waals surface area (Å²) in [6.07, 6.45) is 0. The van der Waals surface area contributed by atoms with E-state index in [1.165, 1.54) is 6.92 Å². The Balaban J connectivity index is 3.30. The van der Waals surface area contributed by atoms with E-state index in [4.69, 9.17) is 5.73 Å². The van der Waals surface area contributed by atoms with Crippen LogP contribution in [-0.4, -0.2) is 26.6 Å². The van der Waals surface area contributed by atoms with E-state index in [0.717, 1.165) is 12.1 Å². The van der Waals surface area contributed by atoms with Gasteiger partial charge in [-0.05, 0) is 19.1 Å². The van der Waals surface area contributed by atoms with Crippen LogP contribution in [0.3, 0.4) is 0 Å². The molecule has 0 saturated heterocycles. The number of anilines is 1. The predicted molar refractivity (Wildman–Crippen MR) is 62.4 cm³/mol. The monoisotopic (exact) mass is 278 g/mol. The molecule has 0 spiro atoms. The summed E-state index contributed by atoms with van der Waals surface area (Å²) in [6.45, 7) is 0.642. The van der Waals surface area contributed by atoms with Crippen LogP contribution in [0, 0.1) is 11.6 Å². The van der Waals surface area contributed by atoms with Crippen LogP contribution in [0.5, 0.6) is 0 Å². The van der Waals surface area contributed by atoms with Crippen LogP contribution >= 0.6 is 0 Å². The maximum absolute atomic E-state index is 13.5. The van der Waals surface area contributed by atoms with E-state index in [9.17, 15) is 22.0 Å². The maximum Gasteiger partial charge on any atom is 0.238 e. The van der Waals surface area contributed by atoms with Crippen LogP contribution in [0.15, 0.2) is 18.2 Å². The van der Waals surface area contributed by atoms with Crippen molar-refractivity contribution in [1.82, 2.24) is 0 Å². The van der Waals surface area contributed by atoms with Crippen molar-refractivity contribution in [3.8, 4) is 0 Å². The van der Waals surface area contributed by atoms with Crippen molar-refractivity contribution in [2.75, 3.05) is 16.6 Å². The summed E-state index contributed by atoms with van der Waals surface area (Å²) in [5, 5.41) is 0. The summed E-state index contributed by atoms with van der Waals surface area (Å²) in [4.78, 5) is 10.8. The van der Waals surface area contributed by atoms with Crippen LogP contribution in [-0.2, 0) is 14.8 Å². The number of rotatable bonds is 5. The molecular weight excluding hydrogens is 266 g/mol. The molecule has 0 heterocycles. The van der Waals surface area contributed by atoms with Gasteiger partial charge in [-0.1, -0.05) is 0 Å². The zero-order valence-electron chi connectivity index (χ0n) is 9.56. The van der Waals surface area contributed by atoms with Gasteiger partial charge >= 0.3 is 0 Å². The average molecular weight is 278 g/mol. The molecule has 1 rings (SSSR count). The molecule has 0 aliphatic heterocycles. The van der Waals surface area contributed by atoms with Crippen molar-refractivity contribution in [1.29, 1.82) is 0 Å². The molecule has 0 aromatic heterocycles. The second-order valence-electron chi connectivity index (χ2n) is 3.47. The van der Waals surface area contributed by atoms with E-state index in [0.29, 0.717) is 10.4 Å². The zero-order chi connectivity index (χ0) is 13.9. The molecule has 1 aromatic carbocycles. The lowest BCUT2D eigenvalue weighted by Gasteiger charge is -2.22. The van der Waals surface area contributed by atoms with Gasteiger partial charge in [-0.25, -0.2) is 17.2 Å². The largest absolute Gasteiger partial charge is 0.368 e. The molecule has 5 nitrogen and oxygen atoms in total. The summed E-state index contributed by atoms with van der Waals surface area (Å²) in [5.74, 6) is -3.19. The van der Waals surface area contributed by atoms with Gasteiger partial charge in [-0.2, -0.15) is 0 Å². The van der Waals surface area contributed by atoms with Crippen molar-refractivity contribution in [2.45, 2.75) is 6.92 Å². The Morgan fingerprint density at radius 1 is 1.39 bits per heavy atom. The molecule has 8 heteroatoms. The average Bonchev–Trinajstić information content (AvgIpc) is 2.26. The molecule has 0 atom stereocenters. The van der Waals surface area contributed by atoms with Crippen molar-refractivity contribution in [3.05, 3.63) is 29.8 Å². The number of benzene rings is 1. The number of halogens is 2. The smallest absolute Gasteiger partial charge is 0.238 e. The fourth-order valence-electron chi connectivity index (χ4n) is 1.31. The van der Waals surface area contributed by atoms with E-state index in [2.05, 4.69) is 0 Å². The topological polar surface area (TPSA) is 80.5 Å². The first-order valence-electron chi connectivity index (χ1n) is 5.01. The minimum absolute atomic E-state index is 0.336. The van der Waals surface area contributed by atoms with Gasteiger partial charge in [-0.3, -0.25) is 9.10 Å². The number of primary amides is 1. The normalized spacial score (nSPS) is 11.3. The van der Waals surface area contributed by atoms with Crippen LogP contribution in [0.1, 0.15) is 6.92 Å². The molecule has 0 bridgehead atoms. The highest BCUT2D eigenvalue weighted by Crippen LogP contribution is 2.22. The highest BCUT2D eigenvalue weighted by molar-refractivity contribution is 7.92. The standard InChI is InChI=1S/C10H12F2N2O3S/c1-2-18(16,17)14(6-10(13)15)9-4-3-7(11)5-8(9)12/h3-5H,2,6H2,1H3,(H2,13,15). The highest BCUT2D eigenvalue weighted by Gasteiger charge is 2.25. The Labute approximate surface area is 103 Å². The quantitative estimate of drug-likeness (QED) is 0.856. The molecule has 0 saturated carbocycles. The van der Waals surface area contributed by atoms with Crippen LogP contribution in [0.4, 0.5) is 14.5 Å². The molecule has 1 aromatic rings. The minimum Gasteiger partial charge on any atom is -0.368 e. The molecule has 0 aliphatic rings. The van der Waals surface area contributed by atoms with Crippen LogP contribution < -0.4 is 10.0 Å². The Bertz CT molecular complexity index is 560. The Morgan fingerprint density at radius 2 is 2.00 bits per heavy atom. The van der Waals surface area contributed by atoms with Gasteiger partial charge in [0, 0.05) is 6.07 Å². The van der Waals surface area contributed by atoms with Crippen LogP contribution in [0.25, 0.3) is 0 Å². The number of sulfonamides is 1. The molecule has 0 unspecified atom stereocenters. The number of amides is 1. The third kappa shape index (κ3) is 3.16. The minimum atomic E-state index is -3.87. The van der Waals surface area contributed by atoms with Gasteiger partial charge in [0.15, 0.2) is 0 Å². The second kappa shape index (κ2) is 5.30. The van der Waals surface area contributed by atoms with Gasteiger partial charge in [0.2, 0.25) is 15.9 Å². The lowest BCUT2D eigenvalue weighted by Crippen LogP contribution is -2.39. The van der Waals surface area contributed by atoms with E-state index in [1.807, 2.05) is 0 Å². The lowest BCUT2D eigenvalue weighted by atomic mass is 10.3. The number of carbonyl (C=O) groups excluding carboxylic acids is 1. The molecule has 0 aliphatic carbocycles. The number of nitrogens with two attached hydrogens (primary N) is 1. The Morgan fingerprint density at radius 3 is 2.44 bits per heavy atom. The highest BCUT2D eigenvalue weighted by atomic mass is 32.2. The zero-order valence-corrected chi connectivity index (χ0v) is 10.4. The van der Waals surface area contributed by atoms with E-state index < -0.39 is 39.8 Å². The molecule has 2 N–H and O–H groups in total. The van der Waals surface area contributed by atoms with Gasteiger partial charge < -0.3 is 5.73 Å². The number of hydrogen-bond donors (Lipinski definition) is 1. The van der Waals surface area contributed by atoms with Gasteiger partial charge in [0.05, 0.1) is 11.4 Å². The van der Waals surface area contributed by atoms with Crippen molar-refractivity contribution < 1.29 is 22.0 Å². The van der Waals surface area contributed by atoms with E-state index in [1.54, 1.807) is 0 Å². The summed E-state index contributed by atoms with van der Waals surface area (Å²) < 4.78 is 50.3. The first-order valence-corrected chi connectivity index (χ1v) is 6.62. The van der Waals surface area contributed by atoms with Crippen LogP contribution in [0.2, 0.25) is 0 Å². The summed E-state index contributed by atoms with van der Waals surface area (Å²) in [7, 11) is -3.87. The third-order valence-corrected chi connectivity index (χ3v) is 3.91. The molecule has 18 heavy (non-hydrogen) atoms. The lowest BCUT2D eigenvalue weighted by molar-refractivity contribution is -0.116. The summed E-state index contributed by atoms with van der Waals surface area (Å²) in [5.41, 5.74) is 4.51. The molecule has 100 valence electrons. The SMILES string of the molecule is CCS(=O)(=O)N(CC(N)=O)c1ccc(F)cc1F. The number of carbonyl (C=O) groups is 1. The van der Waals surface area contributed by atoms with Gasteiger partial charge in [0.1, 0.15) is 18.2 Å². The molecule has 0 fully saturated rings. The second-order valence-corrected chi connectivity index (χ2v) is 5.65.